The first-order chi connectivity index (χ1) is 23.3. The number of benzene rings is 1. The van der Waals surface area contributed by atoms with Gasteiger partial charge in [0.1, 0.15) is 0 Å². The van der Waals surface area contributed by atoms with Gasteiger partial charge < -0.3 is 9.11 Å². The van der Waals surface area contributed by atoms with Crippen LogP contribution in [0.3, 0.4) is 0 Å². The molecule has 0 saturated heterocycles. The predicted molar refractivity (Wildman–Crippen MR) is 201 cm³/mol. The average molecular weight is 1140 g/mol. The van der Waals surface area contributed by atoms with Crippen molar-refractivity contribution in [3.05, 3.63) is 69.9 Å². The van der Waals surface area contributed by atoms with Gasteiger partial charge >= 0.3 is 32.1 Å². The van der Waals surface area contributed by atoms with Crippen LogP contribution in [0.25, 0.3) is 22.4 Å². The van der Waals surface area contributed by atoms with E-state index >= 15 is 0 Å². The minimum absolute atomic E-state index is 0. The summed E-state index contributed by atoms with van der Waals surface area (Å²) in [5.74, 6) is 0. The molecule has 2 unspecified atom stereocenters. The fraction of sp³-hybridized carbons (Fsp3) is 0.400. The summed E-state index contributed by atoms with van der Waals surface area (Å²) in [5.41, 5.74) is -4.87. The Balaban J connectivity index is 0.000000748. The molecule has 0 radical (unpaired) electrons. The molecule has 3 aromatic heterocycles. The molecule has 1 aromatic carbocycles. The van der Waals surface area contributed by atoms with Crippen molar-refractivity contribution in [3.8, 4) is 11.4 Å². The SMILES string of the molecule is Brc1ccnc(-c2cc(Br)ccn2)c1.C[PH+](c1nc2ccccc2nc1[PH+](C)C(C)(C)C)C(C)(C)C.O=S(=O)([O-])C(F)(F)F.O=S(=O)([O-])C(F)(F)F.[Pt+2]. The van der Waals surface area contributed by atoms with Gasteiger partial charge in [0, 0.05) is 21.3 Å². The molecule has 10 nitrogen and oxygen atoms in total. The number of hydrogen-bond donors (Lipinski definition) is 0. The number of halogens is 8. The molecular formula is C30H36Br2F6N4O6P2PtS2+2. The van der Waals surface area contributed by atoms with Crippen LogP contribution in [0.2, 0.25) is 0 Å². The Morgan fingerprint density at radius 3 is 1.08 bits per heavy atom. The van der Waals surface area contributed by atoms with Gasteiger partial charge in [-0.3, -0.25) is 9.97 Å². The third-order valence-corrected chi connectivity index (χ3v) is 15.8. The van der Waals surface area contributed by atoms with Gasteiger partial charge in [-0.1, -0.05) is 44.0 Å². The van der Waals surface area contributed by atoms with E-state index in [1.165, 1.54) is 10.9 Å². The molecular weight excluding hydrogens is 1110 g/mol. The van der Waals surface area contributed by atoms with Crippen LogP contribution >= 0.6 is 47.7 Å². The van der Waals surface area contributed by atoms with Crippen molar-refractivity contribution >= 4 is 89.8 Å². The summed E-state index contributed by atoms with van der Waals surface area (Å²) in [5, 5.41) is 0.577. The quantitative estimate of drug-likeness (QED) is 0.0851. The first-order valence-corrected chi connectivity index (χ1v) is 22.9. The van der Waals surface area contributed by atoms with E-state index in [0.717, 1.165) is 31.4 Å². The summed E-state index contributed by atoms with van der Waals surface area (Å²) in [6.45, 7) is 18.8. The van der Waals surface area contributed by atoms with Crippen LogP contribution in [-0.4, -0.2) is 80.5 Å². The fourth-order valence-electron chi connectivity index (χ4n) is 3.32. The Morgan fingerprint density at radius 2 is 0.868 bits per heavy atom. The molecule has 0 N–H and O–H groups in total. The van der Waals surface area contributed by atoms with Gasteiger partial charge in [-0.15, -0.1) is 0 Å². The van der Waals surface area contributed by atoms with Gasteiger partial charge in [0.05, 0.1) is 61.9 Å². The zero-order chi connectivity index (χ0) is 40.7. The van der Waals surface area contributed by atoms with Gasteiger partial charge in [0.15, 0.2) is 20.2 Å². The fourth-order valence-corrected chi connectivity index (χ4v) is 7.94. The first-order valence-electron chi connectivity index (χ1n) is 14.5. The van der Waals surface area contributed by atoms with Crippen molar-refractivity contribution < 1.29 is 73.3 Å². The van der Waals surface area contributed by atoms with Crippen LogP contribution in [0.15, 0.2) is 69.9 Å². The number of nitrogens with zero attached hydrogens (tertiary/aromatic N) is 4. The minimum Gasteiger partial charge on any atom is -0.741 e. The van der Waals surface area contributed by atoms with Crippen molar-refractivity contribution in [2.75, 3.05) is 13.3 Å². The maximum atomic E-state index is 10.7. The van der Waals surface area contributed by atoms with E-state index < -0.39 is 47.1 Å². The number of aromatic nitrogens is 4. The minimum atomic E-state index is -6.09. The second kappa shape index (κ2) is 20.3. The molecule has 4 rings (SSSR count). The largest absolute Gasteiger partial charge is 2.00 e. The van der Waals surface area contributed by atoms with E-state index in [9.17, 15) is 26.3 Å². The van der Waals surface area contributed by atoms with Gasteiger partial charge in [0.2, 0.25) is 10.9 Å². The van der Waals surface area contributed by atoms with Gasteiger partial charge in [-0.25, -0.2) is 26.8 Å². The predicted octanol–water partition coefficient (Wildman–Crippen LogP) is 7.93. The Morgan fingerprint density at radius 1 is 0.604 bits per heavy atom. The van der Waals surface area contributed by atoms with Gasteiger partial charge in [-0.05, 0) is 77.9 Å². The third kappa shape index (κ3) is 17.2. The van der Waals surface area contributed by atoms with Crippen molar-refractivity contribution in [1.82, 2.24) is 19.9 Å². The number of alkyl halides is 6. The zero-order valence-corrected chi connectivity index (χ0v) is 38.2. The monoisotopic (exact) mass is 1140 g/mol. The molecule has 3 heterocycles. The topological polar surface area (TPSA) is 166 Å². The zero-order valence-electron chi connectivity index (χ0n) is 29.2. The first kappa shape index (κ1) is 51.8. The second-order valence-electron chi connectivity index (χ2n) is 12.7. The van der Waals surface area contributed by atoms with Crippen LogP contribution in [0, 0.1) is 0 Å². The van der Waals surface area contributed by atoms with Crippen LogP contribution in [0.5, 0.6) is 0 Å². The molecule has 0 aliphatic carbocycles. The average Bonchev–Trinajstić information content (AvgIpc) is 2.98. The van der Waals surface area contributed by atoms with E-state index in [1.54, 1.807) is 12.4 Å². The van der Waals surface area contributed by atoms with E-state index in [1.807, 2.05) is 24.3 Å². The number of rotatable bonds is 3. The normalized spacial score (nSPS) is 13.5. The van der Waals surface area contributed by atoms with Gasteiger partial charge in [0.25, 0.3) is 0 Å². The Bertz CT molecular complexity index is 1890. The summed E-state index contributed by atoms with van der Waals surface area (Å²) in [4.78, 5) is 18.6. The number of pyridine rings is 2. The number of hydrogen-bond acceptors (Lipinski definition) is 10. The van der Waals surface area contributed by atoms with Crippen LogP contribution in [-0.2, 0) is 41.3 Å². The molecule has 0 saturated carbocycles. The van der Waals surface area contributed by atoms with Crippen molar-refractivity contribution in [2.24, 2.45) is 0 Å². The van der Waals surface area contributed by atoms with Crippen molar-refractivity contribution in [2.45, 2.75) is 62.9 Å². The number of para-hydroxylation sites is 2. The molecule has 4 aromatic rings. The molecule has 0 aliphatic heterocycles. The molecule has 2 atom stereocenters. The summed E-state index contributed by atoms with van der Waals surface area (Å²) in [6, 6.07) is 16.0. The summed E-state index contributed by atoms with van der Waals surface area (Å²) in [7, 11) is -13.7. The molecule has 53 heavy (non-hydrogen) atoms. The van der Waals surface area contributed by atoms with E-state index in [4.69, 9.17) is 35.9 Å². The molecule has 0 aliphatic rings. The molecule has 0 fully saturated rings. The third-order valence-electron chi connectivity index (χ3n) is 6.80. The van der Waals surface area contributed by atoms with Crippen LogP contribution in [0.4, 0.5) is 26.3 Å². The summed E-state index contributed by atoms with van der Waals surface area (Å²) in [6.07, 6.45) is 3.50. The van der Waals surface area contributed by atoms with Gasteiger partial charge in [-0.2, -0.15) is 26.3 Å². The molecule has 0 spiro atoms. The van der Waals surface area contributed by atoms with Crippen molar-refractivity contribution in [1.29, 1.82) is 0 Å². The Hall–Kier alpha value is -1.23. The molecule has 298 valence electrons. The van der Waals surface area contributed by atoms with E-state index in [2.05, 4.69) is 121 Å². The Kier molecular flexibility index (Phi) is 19.8. The van der Waals surface area contributed by atoms with Crippen LogP contribution in [0.1, 0.15) is 41.5 Å². The van der Waals surface area contributed by atoms with Crippen LogP contribution < -0.4 is 10.9 Å². The van der Waals surface area contributed by atoms with Crippen molar-refractivity contribution in [3.63, 3.8) is 0 Å². The summed E-state index contributed by atoms with van der Waals surface area (Å²) < 4.78 is 120. The maximum absolute atomic E-state index is 10.7. The maximum Gasteiger partial charge on any atom is 2.00 e. The molecule has 0 amide bonds. The summed E-state index contributed by atoms with van der Waals surface area (Å²) >= 11 is 6.80. The molecule has 0 bridgehead atoms. The standard InChI is InChI=1S/C18H28N2P2.C10H6Br2N2.2CHF3O3S.Pt/c1-17(2,3)21(7)15-16(22(8)18(4,5)6)20-14-12-10-9-11-13(14)19-15;11-7-1-3-13-9(5-7)10-6-8(12)2-4-14-10;2*2-1(3,4)8(5,6)7;/h9-12H,1-8H3;1-6H;2*(H,5,6,7);/q;;;;+2. The number of fused-ring (bicyclic) bond motifs is 1. The van der Waals surface area contributed by atoms with E-state index in [-0.39, 0.29) is 31.4 Å². The second-order valence-corrected chi connectivity index (χ2v) is 23.7. The Labute approximate surface area is 338 Å². The molecule has 23 heteroatoms. The smallest absolute Gasteiger partial charge is 0.741 e. The van der Waals surface area contributed by atoms with E-state index in [0.29, 0.717) is 0 Å².